The number of benzene rings is 3. The van der Waals surface area contributed by atoms with E-state index in [0.29, 0.717) is 41.1 Å². The highest BCUT2D eigenvalue weighted by atomic mass is 19.1. The number of hydrogen-bond donors (Lipinski definition) is 1. The topological polar surface area (TPSA) is 98.3 Å². The summed E-state index contributed by atoms with van der Waals surface area (Å²) in [6, 6.07) is 15.3. The van der Waals surface area contributed by atoms with Gasteiger partial charge in [-0.1, -0.05) is 12.1 Å². The van der Waals surface area contributed by atoms with Crippen LogP contribution in [0.3, 0.4) is 0 Å². The summed E-state index contributed by atoms with van der Waals surface area (Å²) in [5.74, 6) is 1.19. The third kappa shape index (κ3) is 7.91. The molecule has 1 aromatic heterocycles. The maximum absolute atomic E-state index is 15.2. The Bertz CT molecular complexity index is 1750. The lowest BCUT2D eigenvalue weighted by Gasteiger charge is -2.29. The zero-order valence-electron chi connectivity index (χ0n) is 28.0. The highest BCUT2D eigenvalue weighted by Crippen LogP contribution is 2.34. The SMILES string of the molecule is COc1ccc(OC)c(N(C)C(=O)Oc2cc(-c3ccc(C)c(C)c3C)nc(Nc3ccc(OCC4CCCN(C)C4)c(F)c3)n2)c1. The number of carbonyl (C=O) groups excluding carboxylic acids is 1. The molecule has 1 amide bonds. The molecule has 1 aliphatic heterocycles. The van der Waals surface area contributed by atoms with Crippen LogP contribution < -0.4 is 29.2 Å². The third-order valence-corrected chi connectivity index (χ3v) is 8.63. The van der Waals surface area contributed by atoms with E-state index in [-0.39, 0.29) is 17.6 Å². The molecule has 10 nitrogen and oxygen atoms in total. The predicted octanol–water partition coefficient (Wildman–Crippen LogP) is 7.32. The van der Waals surface area contributed by atoms with Gasteiger partial charge < -0.3 is 29.2 Å². The summed E-state index contributed by atoms with van der Waals surface area (Å²) < 4.78 is 37.6. The van der Waals surface area contributed by atoms with E-state index in [4.69, 9.17) is 23.9 Å². The van der Waals surface area contributed by atoms with Crippen molar-refractivity contribution in [1.82, 2.24) is 14.9 Å². The second-order valence-electron chi connectivity index (χ2n) is 11.9. The van der Waals surface area contributed by atoms with E-state index >= 15 is 4.39 Å². The molecule has 1 atom stereocenters. The molecule has 0 spiro atoms. The lowest BCUT2D eigenvalue weighted by molar-refractivity contribution is 0.147. The molecule has 248 valence electrons. The summed E-state index contributed by atoms with van der Waals surface area (Å²) >= 11 is 0. The molecule has 1 unspecified atom stereocenters. The van der Waals surface area contributed by atoms with Crippen molar-refractivity contribution < 1.29 is 28.1 Å². The Morgan fingerprint density at radius 1 is 1.00 bits per heavy atom. The van der Waals surface area contributed by atoms with Crippen LogP contribution in [0.15, 0.2) is 54.6 Å². The minimum Gasteiger partial charge on any atom is -0.497 e. The fourth-order valence-corrected chi connectivity index (χ4v) is 5.66. The zero-order valence-corrected chi connectivity index (χ0v) is 28.0. The predicted molar refractivity (Wildman–Crippen MR) is 181 cm³/mol. The summed E-state index contributed by atoms with van der Waals surface area (Å²) in [5, 5.41) is 3.08. The lowest BCUT2D eigenvalue weighted by Crippen LogP contribution is -2.34. The van der Waals surface area contributed by atoms with Crippen LogP contribution in [0.4, 0.5) is 26.5 Å². The van der Waals surface area contributed by atoms with Gasteiger partial charge in [-0.15, -0.1) is 0 Å². The maximum atomic E-state index is 15.2. The van der Waals surface area contributed by atoms with Gasteiger partial charge in [-0.05, 0) is 88.2 Å². The largest absolute Gasteiger partial charge is 0.497 e. The second kappa shape index (κ2) is 14.7. The van der Waals surface area contributed by atoms with Gasteiger partial charge in [0, 0.05) is 49.0 Å². The molecule has 4 aromatic rings. The highest BCUT2D eigenvalue weighted by Gasteiger charge is 2.22. The monoisotopic (exact) mass is 643 g/mol. The van der Waals surface area contributed by atoms with Crippen LogP contribution in [0.5, 0.6) is 23.1 Å². The smallest absolute Gasteiger partial charge is 0.420 e. The second-order valence-corrected chi connectivity index (χ2v) is 11.9. The van der Waals surface area contributed by atoms with Gasteiger partial charge in [0.05, 0.1) is 32.2 Å². The fourth-order valence-electron chi connectivity index (χ4n) is 5.66. The molecule has 5 rings (SSSR count). The number of nitrogens with zero attached hydrogens (tertiary/aromatic N) is 4. The lowest BCUT2D eigenvalue weighted by atomic mass is 9.97. The summed E-state index contributed by atoms with van der Waals surface area (Å²) in [5.41, 5.74) is 5.54. The van der Waals surface area contributed by atoms with Crippen LogP contribution in [0.1, 0.15) is 29.5 Å². The molecule has 0 saturated carbocycles. The number of likely N-dealkylation sites (tertiary alicyclic amines) is 1. The molecule has 1 aliphatic rings. The Hall–Kier alpha value is -4.90. The number of hydrogen-bond acceptors (Lipinski definition) is 9. The molecule has 0 aliphatic carbocycles. The summed E-state index contributed by atoms with van der Waals surface area (Å²) in [6.07, 6.45) is 1.47. The minimum atomic E-state index is -0.708. The number of carbonyl (C=O) groups is 1. The number of anilines is 3. The molecule has 1 N–H and O–H groups in total. The number of rotatable bonds is 10. The Labute approximate surface area is 275 Å². The van der Waals surface area contributed by atoms with Crippen LogP contribution in [-0.4, -0.2) is 69.0 Å². The van der Waals surface area contributed by atoms with Gasteiger partial charge in [-0.2, -0.15) is 4.98 Å². The van der Waals surface area contributed by atoms with E-state index in [9.17, 15) is 4.79 Å². The first-order chi connectivity index (χ1) is 22.6. The van der Waals surface area contributed by atoms with E-state index in [1.165, 1.54) is 18.1 Å². The van der Waals surface area contributed by atoms with Gasteiger partial charge in [-0.25, -0.2) is 14.2 Å². The molecule has 0 bridgehead atoms. The summed E-state index contributed by atoms with van der Waals surface area (Å²) in [6.45, 7) is 8.58. The number of ether oxygens (including phenoxy) is 4. The number of aromatic nitrogens is 2. The molecule has 1 fully saturated rings. The Morgan fingerprint density at radius 2 is 1.79 bits per heavy atom. The van der Waals surface area contributed by atoms with Crippen LogP contribution in [0, 0.1) is 32.5 Å². The molecule has 1 saturated heterocycles. The van der Waals surface area contributed by atoms with Gasteiger partial charge >= 0.3 is 6.09 Å². The van der Waals surface area contributed by atoms with Gasteiger partial charge in [0.2, 0.25) is 11.8 Å². The molecule has 11 heteroatoms. The van der Waals surface area contributed by atoms with Crippen LogP contribution in [-0.2, 0) is 0 Å². The van der Waals surface area contributed by atoms with E-state index < -0.39 is 11.9 Å². The number of aryl methyl sites for hydroxylation is 1. The number of amides is 1. The average Bonchev–Trinajstić information content (AvgIpc) is 3.06. The van der Waals surface area contributed by atoms with E-state index in [0.717, 1.165) is 48.2 Å². The number of halogens is 1. The van der Waals surface area contributed by atoms with Gasteiger partial charge in [0.25, 0.3) is 0 Å². The quantitative estimate of drug-likeness (QED) is 0.191. The number of methoxy groups -OCH3 is 2. The van der Waals surface area contributed by atoms with Crippen molar-refractivity contribution in [3.05, 3.63) is 77.1 Å². The van der Waals surface area contributed by atoms with Gasteiger partial charge in [0.1, 0.15) is 11.5 Å². The number of nitrogens with one attached hydrogen (secondary N) is 1. The first-order valence-electron chi connectivity index (χ1n) is 15.6. The zero-order chi connectivity index (χ0) is 33.7. The minimum absolute atomic E-state index is 0.00622. The average molecular weight is 644 g/mol. The van der Waals surface area contributed by atoms with Crippen LogP contribution in [0.25, 0.3) is 11.3 Å². The summed E-state index contributed by atoms with van der Waals surface area (Å²) in [7, 11) is 6.71. The molecular formula is C36H42FN5O5. The van der Waals surface area contributed by atoms with Crippen LogP contribution >= 0.6 is 0 Å². The molecule has 3 aromatic carbocycles. The normalized spacial score (nSPS) is 14.8. The number of piperidine rings is 1. The van der Waals surface area contributed by atoms with Crippen molar-refractivity contribution in [3.8, 4) is 34.4 Å². The Morgan fingerprint density at radius 3 is 2.51 bits per heavy atom. The van der Waals surface area contributed by atoms with Crippen molar-refractivity contribution in [1.29, 1.82) is 0 Å². The van der Waals surface area contributed by atoms with Crippen molar-refractivity contribution in [3.63, 3.8) is 0 Å². The van der Waals surface area contributed by atoms with Crippen molar-refractivity contribution in [2.24, 2.45) is 5.92 Å². The molecule has 47 heavy (non-hydrogen) atoms. The molecule has 2 heterocycles. The third-order valence-electron chi connectivity index (χ3n) is 8.63. The first kappa shape index (κ1) is 33.5. The molecular weight excluding hydrogens is 601 g/mol. The Kier molecular flexibility index (Phi) is 10.5. The Balaban J connectivity index is 1.42. The van der Waals surface area contributed by atoms with Crippen molar-refractivity contribution in [2.75, 3.05) is 58.2 Å². The standard InChI is InChI=1S/C36H42FN5O5/c1-22-10-13-28(24(3)23(22)2)30-19-34(47-36(43)42(5)31-18-27(44-6)12-15-33(31)45-7)40-35(39-30)38-26-11-14-32(29(37)17-26)46-21-25-9-8-16-41(4)20-25/h10-15,17-19,25H,8-9,16,20-21H2,1-7H3,(H,38,39,40). The maximum Gasteiger partial charge on any atom is 0.420 e. The highest BCUT2D eigenvalue weighted by molar-refractivity contribution is 5.90. The first-order valence-corrected chi connectivity index (χ1v) is 15.6. The van der Waals surface area contributed by atoms with E-state index in [2.05, 4.69) is 22.2 Å². The van der Waals surface area contributed by atoms with Gasteiger partial charge in [0.15, 0.2) is 11.6 Å². The summed E-state index contributed by atoms with van der Waals surface area (Å²) in [4.78, 5) is 26.2. The van der Waals surface area contributed by atoms with E-state index in [1.807, 2.05) is 32.9 Å². The van der Waals surface area contributed by atoms with Crippen molar-refractivity contribution in [2.45, 2.75) is 33.6 Å². The van der Waals surface area contributed by atoms with Crippen molar-refractivity contribution >= 4 is 23.4 Å². The van der Waals surface area contributed by atoms with Gasteiger partial charge in [-0.3, -0.25) is 4.90 Å². The van der Waals surface area contributed by atoms with Crippen LogP contribution in [0.2, 0.25) is 0 Å². The van der Waals surface area contributed by atoms with E-state index in [1.54, 1.807) is 50.6 Å². The fraction of sp³-hybridized carbons (Fsp3) is 0.361. The molecule has 0 radical (unpaired) electrons.